The Labute approximate surface area is 323 Å². The van der Waals surface area contributed by atoms with Crippen LogP contribution in [-0.4, -0.2) is 139 Å². The van der Waals surface area contributed by atoms with Crippen molar-refractivity contribution in [2.45, 2.75) is 77.3 Å². The Morgan fingerprint density at radius 1 is 0.571 bits per heavy atom. The van der Waals surface area contributed by atoms with Gasteiger partial charge in [0, 0.05) is 108 Å². The van der Waals surface area contributed by atoms with E-state index >= 15 is 0 Å². The number of amides is 11. The second-order valence-corrected chi connectivity index (χ2v) is 12.5. The van der Waals surface area contributed by atoms with Crippen LogP contribution >= 0.6 is 0 Å². The molecule has 0 aromatic carbocycles. The molecule has 2 heterocycles. The van der Waals surface area contributed by atoms with Crippen molar-refractivity contribution in [1.29, 1.82) is 0 Å². The Bertz CT molecular complexity index is 1430. The van der Waals surface area contributed by atoms with Gasteiger partial charge in [-0.1, -0.05) is 6.92 Å². The highest BCUT2D eigenvalue weighted by Crippen LogP contribution is 2.07. The maximum absolute atomic E-state index is 13.4. The number of imide groups is 2. The minimum Gasteiger partial charge on any atom is -0.450 e. The first-order chi connectivity index (χ1) is 26.7. The fourth-order valence-corrected chi connectivity index (χ4v) is 5.19. The van der Waals surface area contributed by atoms with Crippen molar-refractivity contribution in [2.24, 2.45) is 0 Å². The summed E-state index contributed by atoms with van der Waals surface area (Å²) < 4.78 is 4.81. The minimum absolute atomic E-state index is 0.00559. The summed E-state index contributed by atoms with van der Waals surface area (Å²) in [6.07, 6.45) is 3.99. The van der Waals surface area contributed by atoms with Gasteiger partial charge in [0.05, 0.1) is 6.61 Å². The van der Waals surface area contributed by atoms with E-state index in [0.717, 1.165) is 34.1 Å². The predicted molar refractivity (Wildman–Crippen MR) is 195 cm³/mol. The zero-order valence-corrected chi connectivity index (χ0v) is 31.6. The molecule has 2 aliphatic rings. The number of hydrogen-bond acceptors (Lipinski definition) is 12. The van der Waals surface area contributed by atoms with Crippen LogP contribution in [0.5, 0.6) is 0 Å². The van der Waals surface area contributed by atoms with Crippen molar-refractivity contribution in [3.63, 3.8) is 0 Å². The van der Waals surface area contributed by atoms with Crippen LogP contribution in [0.25, 0.3) is 0 Å². The molecule has 0 bridgehead atoms. The summed E-state index contributed by atoms with van der Waals surface area (Å²) in [6, 6.07) is -2.07. The summed E-state index contributed by atoms with van der Waals surface area (Å²) in [7, 11) is 0. The molecular formula is C35H51N9O12. The highest BCUT2D eigenvalue weighted by atomic mass is 16.5. The van der Waals surface area contributed by atoms with E-state index in [2.05, 4.69) is 37.2 Å². The van der Waals surface area contributed by atoms with Crippen LogP contribution in [0.4, 0.5) is 4.79 Å². The van der Waals surface area contributed by atoms with Crippen LogP contribution in [0.3, 0.4) is 0 Å². The summed E-state index contributed by atoms with van der Waals surface area (Å²) in [5.74, 6) is -5.18. The van der Waals surface area contributed by atoms with E-state index < -0.39 is 77.2 Å². The molecule has 56 heavy (non-hydrogen) atoms. The monoisotopic (exact) mass is 789 g/mol. The number of unbranched alkanes of at least 4 members (excludes halogenated alkanes) is 1. The van der Waals surface area contributed by atoms with Crippen molar-refractivity contribution in [3.8, 4) is 0 Å². The van der Waals surface area contributed by atoms with Gasteiger partial charge in [-0.2, -0.15) is 0 Å². The van der Waals surface area contributed by atoms with E-state index in [1.165, 1.54) is 0 Å². The van der Waals surface area contributed by atoms with E-state index in [4.69, 9.17) is 4.74 Å². The predicted octanol–water partition coefficient (Wildman–Crippen LogP) is -2.84. The highest BCUT2D eigenvalue weighted by Gasteiger charge is 2.27. The molecule has 1 unspecified atom stereocenters. The highest BCUT2D eigenvalue weighted by molar-refractivity contribution is 6.13. The van der Waals surface area contributed by atoms with E-state index in [1.807, 2.05) is 0 Å². The number of carbonyl (C=O) groups excluding carboxylic acids is 11. The van der Waals surface area contributed by atoms with Gasteiger partial charge in [0.2, 0.25) is 35.4 Å². The summed E-state index contributed by atoms with van der Waals surface area (Å²) >= 11 is 0. The average Bonchev–Trinajstić information content (AvgIpc) is 3.65. The number of nitrogens with zero attached hydrogens (tertiary/aromatic N) is 2. The summed E-state index contributed by atoms with van der Waals surface area (Å²) in [5.41, 5.74) is 0. The molecule has 0 aliphatic carbocycles. The van der Waals surface area contributed by atoms with Gasteiger partial charge in [-0.05, 0) is 26.2 Å². The maximum atomic E-state index is 13.4. The summed E-state index contributed by atoms with van der Waals surface area (Å²) in [6.45, 7) is 3.50. The first-order valence-corrected chi connectivity index (χ1v) is 18.4. The van der Waals surface area contributed by atoms with Crippen LogP contribution in [0.2, 0.25) is 0 Å². The van der Waals surface area contributed by atoms with Gasteiger partial charge in [0.25, 0.3) is 23.6 Å². The van der Waals surface area contributed by atoms with Gasteiger partial charge < -0.3 is 42.0 Å². The molecule has 0 saturated carbocycles. The largest absolute Gasteiger partial charge is 0.450 e. The lowest BCUT2D eigenvalue weighted by atomic mass is 10.1. The van der Waals surface area contributed by atoms with Gasteiger partial charge in [-0.3, -0.25) is 57.7 Å². The molecule has 11 amide bonds. The van der Waals surface area contributed by atoms with Crippen LogP contribution in [0, 0.1) is 0 Å². The third kappa shape index (κ3) is 17.8. The molecule has 2 aliphatic heterocycles. The molecule has 21 nitrogen and oxygen atoms in total. The van der Waals surface area contributed by atoms with Crippen molar-refractivity contribution in [2.75, 3.05) is 52.4 Å². The molecule has 0 aromatic rings. The van der Waals surface area contributed by atoms with Gasteiger partial charge in [-0.15, -0.1) is 0 Å². The van der Waals surface area contributed by atoms with Crippen molar-refractivity contribution < 1.29 is 57.5 Å². The second kappa shape index (κ2) is 25.0. The first-order valence-electron chi connectivity index (χ1n) is 18.4. The quantitative estimate of drug-likeness (QED) is 0.0345. The lowest BCUT2D eigenvalue weighted by Gasteiger charge is -2.23. The van der Waals surface area contributed by atoms with E-state index in [9.17, 15) is 52.7 Å². The maximum Gasteiger partial charge on any atom is 0.407 e. The number of rotatable bonds is 26. The molecule has 0 aromatic heterocycles. The second-order valence-electron chi connectivity index (χ2n) is 12.5. The molecular weight excluding hydrogens is 738 g/mol. The summed E-state index contributed by atoms with van der Waals surface area (Å²) in [4.78, 5) is 136. The lowest BCUT2D eigenvalue weighted by Crippen LogP contribution is -2.51. The van der Waals surface area contributed by atoms with Gasteiger partial charge in [0.1, 0.15) is 6.04 Å². The fourth-order valence-electron chi connectivity index (χ4n) is 5.19. The lowest BCUT2D eigenvalue weighted by molar-refractivity contribution is -0.139. The SMILES string of the molecule is CCOC(=O)NCCCCC(NC(=O)CC)C(=O)NC(CC(=O)NCCNC(=O)CCN1C(=O)C=CC1=O)CC(=O)NCCNC(=O)CCN1C(=O)C=CC1=O. The molecule has 0 spiro atoms. The number of carbonyl (C=O) groups is 11. The molecule has 21 heteroatoms. The molecule has 7 N–H and O–H groups in total. The van der Waals surface area contributed by atoms with Gasteiger partial charge >= 0.3 is 6.09 Å². The normalized spacial score (nSPS) is 13.8. The van der Waals surface area contributed by atoms with Crippen LogP contribution < -0.4 is 37.2 Å². The zero-order valence-electron chi connectivity index (χ0n) is 31.6. The third-order valence-electron chi connectivity index (χ3n) is 8.11. The van der Waals surface area contributed by atoms with Crippen molar-refractivity contribution in [1.82, 2.24) is 47.0 Å². The molecule has 308 valence electrons. The Morgan fingerprint density at radius 2 is 1.02 bits per heavy atom. The Hall–Kier alpha value is -6.15. The number of ether oxygens (including phenoxy) is 1. The van der Waals surface area contributed by atoms with E-state index in [0.29, 0.717) is 12.8 Å². The van der Waals surface area contributed by atoms with Crippen molar-refractivity contribution in [3.05, 3.63) is 24.3 Å². The third-order valence-corrected chi connectivity index (χ3v) is 8.11. The number of nitrogens with one attached hydrogen (secondary N) is 7. The molecule has 2 rings (SSSR count). The molecule has 0 saturated heterocycles. The summed E-state index contributed by atoms with van der Waals surface area (Å²) in [5, 5.41) is 18.2. The standard InChI is InChI=1S/C35H51N9O12/c1-3-25(45)42-24(7-5-6-14-40-35(55)56-4-2)34(54)41-23(21-28(48)38-17-15-36-26(46)12-19-43-30(50)8-9-31(43)51)22-29(49)39-18-16-37-27(47)13-20-44-32(52)10-11-33(44)53/h8-11,23-24H,3-7,12-22H2,1-2H3,(H,36,46)(H,37,47)(H,38,48)(H,39,49)(H,40,55)(H,41,54)(H,42,45). The van der Waals surface area contributed by atoms with Crippen LogP contribution in [0.15, 0.2) is 24.3 Å². The first kappa shape index (κ1) is 46.0. The molecule has 0 fully saturated rings. The van der Waals surface area contributed by atoms with Gasteiger partial charge in [0.15, 0.2) is 0 Å². The topological polar surface area (TPSA) is 288 Å². The molecule has 1 atom stereocenters. The minimum atomic E-state index is -1.05. The van der Waals surface area contributed by atoms with E-state index in [-0.39, 0.29) is 90.9 Å². The van der Waals surface area contributed by atoms with Crippen LogP contribution in [0.1, 0.15) is 65.2 Å². The zero-order chi connectivity index (χ0) is 41.5. The van der Waals surface area contributed by atoms with Gasteiger partial charge in [-0.25, -0.2) is 4.79 Å². The average molecular weight is 790 g/mol. The molecule has 0 radical (unpaired) electrons. The number of alkyl carbamates (subject to hydrolysis) is 1. The Morgan fingerprint density at radius 3 is 1.45 bits per heavy atom. The Kier molecular flexibility index (Phi) is 20.6. The Balaban J connectivity index is 1.92. The fraction of sp³-hybridized carbons (Fsp3) is 0.571. The van der Waals surface area contributed by atoms with Crippen molar-refractivity contribution >= 4 is 65.2 Å². The van der Waals surface area contributed by atoms with Crippen LogP contribution in [-0.2, 0) is 52.7 Å². The van der Waals surface area contributed by atoms with E-state index in [1.54, 1.807) is 13.8 Å². The smallest absolute Gasteiger partial charge is 0.407 e. The number of hydrogen-bond donors (Lipinski definition) is 7.